The highest BCUT2D eigenvalue weighted by atomic mass is 16.4. The van der Waals surface area contributed by atoms with Gasteiger partial charge in [-0.05, 0) is 23.7 Å². The van der Waals surface area contributed by atoms with Gasteiger partial charge in [0.05, 0.1) is 11.8 Å². The number of hydrogen-bond donors (Lipinski definition) is 2. The van der Waals surface area contributed by atoms with Crippen LogP contribution in [-0.2, 0) is 9.59 Å². The van der Waals surface area contributed by atoms with Gasteiger partial charge < -0.3 is 10.2 Å². The molecular formula is C22H42O4. The molecule has 2 atom stereocenters. The monoisotopic (exact) mass is 370 g/mol. The molecule has 4 heteroatoms. The van der Waals surface area contributed by atoms with Gasteiger partial charge in [0, 0.05) is 0 Å². The third kappa shape index (κ3) is 9.59. The van der Waals surface area contributed by atoms with Crippen LogP contribution in [0.1, 0.15) is 106 Å². The van der Waals surface area contributed by atoms with Crippen molar-refractivity contribution in [1.82, 2.24) is 0 Å². The molecule has 0 heterocycles. The average molecular weight is 371 g/mol. The van der Waals surface area contributed by atoms with Crippen molar-refractivity contribution in [2.45, 2.75) is 106 Å². The summed E-state index contributed by atoms with van der Waals surface area (Å²) in [4.78, 5) is 22.2. The fraction of sp³-hybridized carbons (Fsp3) is 0.909. The van der Waals surface area contributed by atoms with Crippen LogP contribution in [-0.4, -0.2) is 22.2 Å². The second-order valence-corrected chi connectivity index (χ2v) is 9.43. The number of unbranched alkanes of at least 4 members (excludes halogenated alkanes) is 7. The van der Waals surface area contributed by atoms with E-state index < -0.39 is 11.9 Å². The molecule has 0 fully saturated rings. The molecule has 26 heavy (non-hydrogen) atoms. The van der Waals surface area contributed by atoms with Gasteiger partial charge in [-0.1, -0.05) is 92.9 Å². The number of carboxylic acid groups (broad SMARTS) is 2. The van der Waals surface area contributed by atoms with Crippen LogP contribution in [0, 0.1) is 22.7 Å². The fourth-order valence-electron chi connectivity index (χ4n) is 3.32. The van der Waals surface area contributed by atoms with E-state index >= 15 is 0 Å². The van der Waals surface area contributed by atoms with E-state index in [9.17, 15) is 9.59 Å². The van der Waals surface area contributed by atoms with Gasteiger partial charge in [-0.15, -0.1) is 0 Å². The Labute approximate surface area is 160 Å². The minimum absolute atomic E-state index is 0.133. The molecule has 0 aromatic carbocycles. The summed E-state index contributed by atoms with van der Waals surface area (Å²) in [6.45, 7) is 11.8. The van der Waals surface area contributed by atoms with E-state index in [-0.39, 0.29) is 22.7 Å². The zero-order valence-electron chi connectivity index (χ0n) is 17.9. The summed E-state index contributed by atoms with van der Waals surface area (Å²) in [6, 6.07) is 0. The molecule has 0 spiro atoms. The highest BCUT2D eigenvalue weighted by Gasteiger charge is 2.31. The minimum atomic E-state index is -0.698. The summed E-state index contributed by atoms with van der Waals surface area (Å²) < 4.78 is 0. The summed E-state index contributed by atoms with van der Waals surface area (Å²) in [5, 5.41) is 18.3. The number of carboxylic acids is 2. The highest BCUT2D eigenvalue weighted by molar-refractivity contribution is 5.70. The van der Waals surface area contributed by atoms with Crippen LogP contribution in [0.3, 0.4) is 0 Å². The lowest BCUT2D eigenvalue weighted by atomic mass is 9.76. The third-order valence-corrected chi connectivity index (χ3v) is 6.48. The summed E-state index contributed by atoms with van der Waals surface area (Å²) in [6.07, 6.45) is 11.4. The second-order valence-electron chi connectivity index (χ2n) is 9.43. The van der Waals surface area contributed by atoms with E-state index in [1.165, 1.54) is 38.5 Å². The van der Waals surface area contributed by atoms with Crippen LogP contribution in [0.2, 0.25) is 0 Å². The average Bonchev–Trinajstić information content (AvgIpc) is 2.54. The Hall–Kier alpha value is -1.06. The standard InChI is InChI=1S/C22H42O4/c1-17(19(23)24)21(3,4)15-13-11-9-7-8-10-12-14-16-22(5,6)18(2)20(25)26/h17-18H,7-16H2,1-6H3,(H,23,24)(H,25,26). The van der Waals surface area contributed by atoms with Crippen molar-refractivity contribution < 1.29 is 19.8 Å². The molecule has 0 saturated carbocycles. The van der Waals surface area contributed by atoms with Crippen molar-refractivity contribution in [3.8, 4) is 0 Å². The predicted octanol–water partition coefficient (Wildman–Crippen LogP) is 6.38. The van der Waals surface area contributed by atoms with Crippen molar-refractivity contribution in [2.75, 3.05) is 0 Å². The number of aliphatic carboxylic acids is 2. The Morgan fingerprint density at radius 1 is 0.615 bits per heavy atom. The Kier molecular flexibility index (Phi) is 11.1. The van der Waals surface area contributed by atoms with E-state index in [4.69, 9.17) is 10.2 Å². The van der Waals surface area contributed by atoms with Crippen molar-refractivity contribution in [3.05, 3.63) is 0 Å². The fourth-order valence-corrected chi connectivity index (χ4v) is 3.32. The maximum atomic E-state index is 11.1. The molecule has 0 bridgehead atoms. The highest BCUT2D eigenvalue weighted by Crippen LogP contribution is 2.34. The first-order chi connectivity index (χ1) is 11.9. The maximum Gasteiger partial charge on any atom is 0.306 e. The number of carbonyl (C=O) groups is 2. The predicted molar refractivity (Wildman–Crippen MR) is 107 cm³/mol. The Morgan fingerprint density at radius 3 is 1.08 bits per heavy atom. The zero-order chi connectivity index (χ0) is 20.4. The van der Waals surface area contributed by atoms with Gasteiger partial charge in [0.25, 0.3) is 0 Å². The van der Waals surface area contributed by atoms with Gasteiger partial charge in [0.1, 0.15) is 0 Å². The van der Waals surface area contributed by atoms with Crippen LogP contribution in [0.25, 0.3) is 0 Å². The van der Waals surface area contributed by atoms with E-state index in [1.54, 1.807) is 13.8 Å². The molecule has 0 aromatic heterocycles. The number of hydrogen-bond acceptors (Lipinski definition) is 2. The SMILES string of the molecule is CC(C(=O)O)C(C)(C)CCCCCCCCCCC(C)(C)C(C)C(=O)O. The third-order valence-electron chi connectivity index (χ3n) is 6.48. The number of rotatable bonds is 15. The van der Waals surface area contributed by atoms with Crippen molar-refractivity contribution in [3.63, 3.8) is 0 Å². The van der Waals surface area contributed by atoms with E-state index in [0.29, 0.717) is 0 Å². The Morgan fingerprint density at radius 2 is 0.846 bits per heavy atom. The van der Waals surface area contributed by atoms with Crippen molar-refractivity contribution in [1.29, 1.82) is 0 Å². The first-order valence-electron chi connectivity index (χ1n) is 10.4. The molecule has 4 nitrogen and oxygen atoms in total. The van der Waals surface area contributed by atoms with E-state index in [0.717, 1.165) is 25.7 Å². The molecule has 0 amide bonds. The van der Waals surface area contributed by atoms with E-state index in [1.807, 2.05) is 0 Å². The quantitative estimate of drug-likeness (QED) is 0.328. The Bertz CT molecular complexity index is 386. The molecule has 0 aromatic rings. The lowest BCUT2D eigenvalue weighted by molar-refractivity contribution is -0.146. The summed E-state index contributed by atoms with van der Waals surface area (Å²) in [7, 11) is 0. The molecule has 0 radical (unpaired) electrons. The Balaban J connectivity index is 3.69. The minimum Gasteiger partial charge on any atom is -0.481 e. The smallest absolute Gasteiger partial charge is 0.306 e. The molecule has 2 unspecified atom stereocenters. The van der Waals surface area contributed by atoms with Gasteiger partial charge >= 0.3 is 11.9 Å². The van der Waals surface area contributed by atoms with Crippen LogP contribution < -0.4 is 0 Å². The zero-order valence-corrected chi connectivity index (χ0v) is 17.9. The van der Waals surface area contributed by atoms with Crippen LogP contribution >= 0.6 is 0 Å². The molecule has 0 aliphatic rings. The molecule has 0 aliphatic heterocycles. The molecular weight excluding hydrogens is 328 g/mol. The maximum absolute atomic E-state index is 11.1. The first-order valence-corrected chi connectivity index (χ1v) is 10.4. The normalized spacial score (nSPS) is 14.8. The van der Waals surface area contributed by atoms with Gasteiger partial charge in [-0.25, -0.2) is 0 Å². The molecule has 0 rings (SSSR count). The topological polar surface area (TPSA) is 74.6 Å². The van der Waals surface area contributed by atoms with Gasteiger partial charge in [-0.2, -0.15) is 0 Å². The van der Waals surface area contributed by atoms with E-state index in [2.05, 4.69) is 27.7 Å². The molecule has 2 N–H and O–H groups in total. The van der Waals surface area contributed by atoms with Gasteiger partial charge in [0.15, 0.2) is 0 Å². The first kappa shape index (κ1) is 24.9. The van der Waals surface area contributed by atoms with Crippen molar-refractivity contribution >= 4 is 11.9 Å². The van der Waals surface area contributed by atoms with Gasteiger partial charge in [0.2, 0.25) is 0 Å². The lowest BCUT2D eigenvalue weighted by Gasteiger charge is -2.29. The molecule has 0 saturated heterocycles. The molecule has 154 valence electrons. The second kappa shape index (κ2) is 11.6. The van der Waals surface area contributed by atoms with Crippen molar-refractivity contribution in [2.24, 2.45) is 22.7 Å². The van der Waals surface area contributed by atoms with Gasteiger partial charge in [-0.3, -0.25) is 9.59 Å². The molecule has 0 aliphatic carbocycles. The lowest BCUT2D eigenvalue weighted by Crippen LogP contribution is -2.28. The summed E-state index contributed by atoms with van der Waals surface area (Å²) >= 11 is 0. The van der Waals surface area contributed by atoms with Crippen LogP contribution in [0.4, 0.5) is 0 Å². The van der Waals surface area contributed by atoms with Crippen LogP contribution in [0.5, 0.6) is 0 Å². The largest absolute Gasteiger partial charge is 0.481 e. The summed E-state index contributed by atoms with van der Waals surface area (Å²) in [5.41, 5.74) is -0.266. The summed E-state index contributed by atoms with van der Waals surface area (Å²) in [5.74, 6) is -1.99. The van der Waals surface area contributed by atoms with Crippen LogP contribution in [0.15, 0.2) is 0 Å².